The van der Waals surface area contributed by atoms with Gasteiger partial charge >= 0.3 is 6.18 Å². The minimum absolute atomic E-state index is 0. The fourth-order valence-electron chi connectivity index (χ4n) is 11.3. The average Bonchev–Trinajstić information content (AvgIpc) is 1.56. The predicted octanol–water partition coefficient (Wildman–Crippen LogP) is 27.1. The standard InChI is InChI=1S/C15H10N.C14H9N2.C13H8NO.C12H7F3N.2C11H8N.2C9H6NS.3C5H8O2.6Ir.Pt/c1-2-7-13(8-3-1)15-14-9-5-4-6-12(14)10-11-16-15;1-2-4-13-11(3-1)7-10-16-14(13)12-5-8-15-9-6-12;1-2-6-10(7-3-1)13-14-11-8-4-5-9-12(11)15-13;13-12(14,15)10-6-4-9(5-7-10)11-3-1-2-8-16-11;2*1-2-6-10(7-3-1)11-8-4-5-9-12-11;2*1-2-6-10-8(4-1)9-5-3-7-11-9;3*1-4(6)3-5(2)7;;;;;;;/h1-7,9-11H;1-5,7-10H;1-6,8-9H;1-4,6-8H;2*1-6,8-9H;2*1-4,6-7H;3*3,6H,1-2H3;;;;;;;/q8*-1;;;;;;;;;;. The molecular weight excluding hydrogens is 3020 g/mol. The van der Waals surface area contributed by atoms with Gasteiger partial charge in [0.2, 0.25) is 0 Å². The second-order valence-electron chi connectivity index (χ2n) is 27.0. The van der Waals surface area contributed by atoms with Crippen molar-refractivity contribution in [2.75, 3.05) is 0 Å². The van der Waals surface area contributed by atoms with Crippen LogP contribution >= 0.6 is 22.7 Å². The van der Waals surface area contributed by atoms with Crippen LogP contribution in [0, 0.1) is 48.5 Å². The molecule has 0 unspecified atom stereocenters. The minimum Gasteiger partial charge on any atom is -0.512 e. The molecule has 0 aliphatic rings. The molecule has 0 amide bonds. The van der Waals surface area contributed by atoms with Gasteiger partial charge in [-0.1, -0.05) is 137 Å². The van der Waals surface area contributed by atoms with Gasteiger partial charge in [0.05, 0.1) is 22.8 Å². The number of allylic oxidation sites excluding steroid dienone is 6. The molecule has 0 aliphatic heterocycles. The molecule has 137 heavy (non-hydrogen) atoms. The van der Waals surface area contributed by atoms with Crippen LogP contribution in [0.15, 0.2) is 416 Å². The molecule has 3 N–H and O–H groups in total. The monoisotopic (exact) mass is 3110 g/mol. The van der Waals surface area contributed by atoms with Crippen molar-refractivity contribution in [1.82, 2.24) is 44.9 Å². The summed E-state index contributed by atoms with van der Waals surface area (Å²) in [4.78, 5) is 70.3. The minimum atomic E-state index is -4.32. The first kappa shape index (κ1) is 121. The Morgan fingerprint density at radius 1 is 0.336 bits per heavy atom. The van der Waals surface area contributed by atoms with E-state index in [1.54, 1.807) is 84.3 Å². The van der Waals surface area contributed by atoms with E-state index in [1.807, 2.05) is 272 Å². The number of hydrogen-bond donors (Lipinski definition) is 3. The van der Waals surface area contributed by atoms with Gasteiger partial charge in [0.15, 0.2) is 17.3 Å². The first-order chi connectivity index (χ1) is 63.1. The van der Waals surface area contributed by atoms with Crippen LogP contribution < -0.4 is 0 Å². The fourth-order valence-corrected chi connectivity index (χ4v) is 12.6. The molecule has 0 bridgehead atoms. The van der Waals surface area contributed by atoms with Crippen LogP contribution in [0.3, 0.4) is 0 Å². The van der Waals surface area contributed by atoms with Crippen LogP contribution in [0.1, 0.15) is 47.1 Å². The number of aliphatic hydroxyl groups is 3. The summed E-state index contributed by atoms with van der Waals surface area (Å²) in [5.74, 6) is 0.435. The number of rotatable bonds is 11. The Hall–Kier alpha value is -11.6. The van der Waals surface area contributed by atoms with Gasteiger partial charge in [-0.3, -0.25) is 24.4 Å². The number of aromatic nitrogens is 9. The van der Waals surface area contributed by atoms with Crippen molar-refractivity contribution in [2.24, 2.45) is 0 Å². The number of halogens is 3. The van der Waals surface area contributed by atoms with Crippen molar-refractivity contribution < 1.29 is 189 Å². The molecule has 0 saturated carbocycles. The maximum absolute atomic E-state index is 12.3. The molecule has 0 fully saturated rings. The van der Waals surface area contributed by atoms with E-state index in [0.29, 0.717) is 17.1 Å². The van der Waals surface area contributed by atoms with Gasteiger partial charge in [-0.2, -0.15) is 49.1 Å². The molecule has 6 radical (unpaired) electrons. The number of carbonyl (C=O) groups excluding carboxylic acids is 3. The number of fused-ring (bicyclic) bond motifs is 3. The molecule has 0 aliphatic carbocycles. The Balaban J connectivity index is 0.000000513. The van der Waals surface area contributed by atoms with Crippen LogP contribution in [-0.4, -0.2) is 77.5 Å². The zero-order valence-corrected chi connectivity index (χ0v) is 92.1. The molecule has 0 spiro atoms. The molecule has 0 saturated heterocycles. The van der Waals surface area contributed by atoms with Crippen molar-refractivity contribution in [3.63, 3.8) is 0 Å². The third-order valence-electron chi connectivity index (χ3n) is 16.8. The molecule has 11 aromatic heterocycles. The Morgan fingerprint density at radius 3 is 1.00 bits per heavy atom. The molecule has 714 valence electrons. The van der Waals surface area contributed by atoms with Crippen LogP contribution in [0.25, 0.3) is 122 Å². The second kappa shape index (κ2) is 68.4. The fraction of sp³-hybridized carbons (Fsp3) is 0.0642. The van der Waals surface area contributed by atoms with Crippen LogP contribution in [0.5, 0.6) is 0 Å². The van der Waals surface area contributed by atoms with Gasteiger partial charge in [-0.25, -0.2) is 22.7 Å². The van der Waals surface area contributed by atoms with Gasteiger partial charge in [-0.15, -0.1) is 185 Å². The number of nitrogens with zero attached hydrogens (tertiary/aromatic N) is 9. The molecule has 0 atom stereocenters. The summed E-state index contributed by atoms with van der Waals surface area (Å²) in [5, 5.41) is 33.8. The Morgan fingerprint density at radius 2 is 0.686 bits per heavy atom. The maximum atomic E-state index is 12.3. The third-order valence-corrected chi connectivity index (χ3v) is 18.4. The Kier molecular flexibility index (Phi) is 60.6. The number of carbonyl (C=O) groups is 3. The van der Waals surface area contributed by atoms with E-state index in [4.69, 9.17) is 19.7 Å². The van der Waals surface area contributed by atoms with Crippen LogP contribution in [0.2, 0.25) is 0 Å². The molecule has 19 rings (SSSR count). The molecule has 28 heteroatoms. The summed E-state index contributed by atoms with van der Waals surface area (Å²) in [6.07, 6.45) is 15.0. The zero-order valence-electron chi connectivity index (χ0n) is 73.8. The maximum Gasteiger partial charge on any atom is 0.381 e. The molecule has 8 aromatic carbocycles. The first-order valence-corrected chi connectivity index (χ1v) is 41.8. The number of ketones is 3. The van der Waals surface area contributed by atoms with Crippen molar-refractivity contribution >= 4 is 72.7 Å². The van der Waals surface area contributed by atoms with E-state index in [0.717, 1.165) is 100 Å². The van der Waals surface area contributed by atoms with Crippen LogP contribution in [0.4, 0.5) is 13.2 Å². The summed E-state index contributed by atoms with van der Waals surface area (Å²) in [6, 6.07) is 122. The van der Waals surface area contributed by atoms with Gasteiger partial charge in [0, 0.05) is 203 Å². The van der Waals surface area contributed by atoms with Crippen molar-refractivity contribution in [3.05, 3.63) is 466 Å². The first-order valence-electron chi connectivity index (χ1n) is 40.1. The van der Waals surface area contributed by atoms with Crippen molar-refractivity contribution in [1.29, 1.82) is 0 Å². The number of benzene rings is 8. The third kappa shape index (κ3) is 45.0. The second-order valence-corrected chi connectivity index (χ2v) is 28.9. The number of hydrogen-bond acceptors (Lipinski definition) is 18. The van der Waals surface area contributed by atoms with Gasteiger partial charge in [0.1, 0.15) is 11.5 Å². The van der Waals surface area contributed by atoms with Gasteiger partial charge in [0.25, 0.3) is 0 Å². The number of thiophene rings is 2. The summed E-state index contributed by atoms with van der Waals surface area (Å²) in [6.45, 7) is 8.54. The number of para-hydroxylation sites is 2. The number of aliphatic hydroxyl groups excluding tert-OH is 3. The van der Waals surface area contributed by atoms with E-state index >= 15 is 0 Å². The van der Waals surface area contributed by atoms with E-state index in [2.05, 4.69) is 118 Å². The van der Waals surface area contributed by atoms with E-state index in [-0.39, 0.29) is 176 Å². The van der Waals surface area contributed by atoms with E-state index < -0.39 is 11.7 Å². The Labute approximate surface area is 899 Å². The average molecular weight is 3100 g/mol. The SMILES string of the molecule is CC(=O)C=C(C)O.CC(=O)C=C(C)O.CC(=O)C=C(C)O.FC(F)(F)c1c[c-]c(-c2ccccn2)cc1.[Ir].[Ir].[Ir].[Ir].[Ir].[Ir].[Pt].[c-]1ccccc1-c1ccccn1.[c-]1ccccc1-c1ccccn1.[c-]1ccccc1-c1nc2ccccc2o1.[c-]1ccccc1-c1nccc2ccccc12.[c-]1ccsc1-c1ccccn1.[c-]1ccsc1-c1ccccn1.[c-]1cnccc1-c1nccc2ccccc12. The van der Waals surface area contributed by atoms with E-state index in [1.165, 1.54) is 82.0 Å². The van der Waals surface area contributed by atoms with Gasteiger partial charge < -0.3 is 54.6 Å². The predicted molar refractivity (Wildman–Crippen MR) is 513 cm³/mol. The molecule has 16 nitrogen and oxygen atoms in total. The number of alkyl halides is 3. The molecule has 11 heterocycles. The molecular formula is C109H86F3Ir6N9O7PtS2-8. The summed E-state index contributed by atoms with van der Waals surface area (Å²) >= 11 is 3.32. The summed E-state index contributed by atoms with van der Waals surface area (Å²) in [5.41, 5.74) is 13.0. The largest absolute Gasteiger partial charge is 0.512 e. The smallest absolute Gasteiger partial charge is 0.381 e. The van der Waals surface area contributed by atoms with Crippen molar-refractivity contribution in [3.8, 4) is 88.9 Å². The van der Waals surface area contributed by atoms with Crippen LogP contribution in [-0.2, 0) is 162 Å². The van der Waals surface area contributed by atoms with Gasteiger partial charge in [-0.05, 0) is 175 Å². The quantitative estimate of drug-likeness (QED) is 0.0619. The molecule has 19 aromatic rings. The summed E-state index contributed by atoms with van der Waals surface area (Å²) < 4.78 is 42.5. The zero-order chi connectivity index (χ0) is 92.3. The summed E-state index contributed by atoms with van der Waals surface area (Å²) in [7, 11) is 0. The topological polar surface area (TPSA) is 241 Å². The number of oxazole rings is 1. The normalized spacial score (nSPS) is 9.98. The van der Waals surface area contributed by atoms with Crippen molar-refractivity contribution in [2.45, 2.75) is 47.7 Å². The number of pyridine rings is 8. The Bertz CT molecular complexity index is 6170. The van der Waals surface area contributed by atoms with E-state index in [9.17, 15) is 27.6 Å².